The van der Waals surface area contributed by atoms with Gasteiger partial charge in [-0.05, 0) is 37.0 Å². The summed E-state index contributed by atoms with van der Waals surface area (Å²) in [5, 5.41) is 5.44. The van der Waals surface area contributed by atoms with E-state index in [0.29, 0.717) is 15.9 Å². The number of thiophene rings is 1. The van der Waals surface area contributed by atoms with Gasteiger partial charge in [0, 0.05) is 30.3 Å². The van der Waals surface area contributed by atoms with Crippen LogP contribution in [0.2, 0.25) is 0 Å². The highest BCUT2D eigenvalue weighted by Gasteiger charge is 2.41. The Bertz CT molecular complexity index is 948. The number of sulfonamides is 1. The second kappa shape index (κ2) is 6.36. The van der Waals surface area contributed by atoms with Crippen LogP contribution in [0, 0.1) is 5.92 Å². The molecule has 0 saturated heterocycles. The van der Waals surface area contributed by atoms with Crippen molar-refractivity contribution in [2.75, 3.05) is 7.05 Å². The number of nitrogens with zero attached hydrogens (tertiary/aromatic N) is 3. The van der Waals surface area contributed by atoms with Crippen molar-refractivity contribution in [3.63, 3.8) is 0 Å². The summed E-state index contributed by atoms with van der Waals surface area (Å²) >= 11 is 1.19. The minimum atomic E-state index is -3.61. The first-order valence-electron chi connectivity index (χ1n) is 7.96. The molecule has 1 unspecified atom stereocenters. The molecule has 130 valence electrons. The fourth-order valence-electron chi connectivity index (χ4n) is 2.92. The lowest BCUT2D eigenvalue weighted by atomic mass is 10.1. The second-order valence-electron chi connectivity index (χ2n) is 6.09. The molecule has 0 spiro atoms. The molecule has 1 atom stereocenters. The molecule has 6 nitrogen and oxygen atoms in total. The maximum absolute atomic E-state index is 13.1. The summed E-state index contributed by atoms with van der Waals surface area (Å²) in [5.74, 6) is 0.882. The van der Waals surface area contributed by atoms with Gasteiger partial charge >= 0.3 is 0 Å². The van der Waals surface area contributed by atoms with Gasteiger partial charge in [-0.2, -0.15) is 4.31 Å². The Morgan fingerprint density at radius 1 is 1.28 bits per heavy atom. The molecular weight excluding hydrogens is 358 g/mol. The highest BCUT2D eigenvalue weighted by atomic mass is 32.2. The van der Waals surface area contributed by atoms with Gasteiger partial charge < -0.3 is 4.52 Å². The molecule has 4 rings (SSSR count). The normalized spacial score (nSPS) is 16.2. The fraction of sp³-hybridized carbons (Fsp3) is 0.294. The molecule has 0 aliphatic heterocycles. The number of rotatable bonds is 6. The first-order chi connectivity index (χ1) is 12.1. The fourth-order valence-corrected chi connectivity index (χ4v) is 5.67. The van der Waals surface area contributed by atoms with E-state index in [9.17, 15) is 8.42 Å². The summed E-state index contributed by atoms with van der Waals surface area (Å²) in [6.45, 7) is 0. The van der Waals surface area contributed by atoms with Gasteiger partial charge in [0.15, 0.2) is 5.76 Å². The summed E-state index contributed by atoms with van der Waals surface area (Å²) < 4.78 is 33.1. The average Bonchev–Trinajstić information content (AvgIpc) is 3.12. The topological polar surface area (TPSA) is 76.3 Å². The lowest BCUT2D eigenvalue weighted by molar-refractivity contribution is 0.336. The quantitative estimate of drug-likeness (QED) is 0.658. The molecule has 3 heterocycles. The minimum absolute atomic E-state index is 0.234. The zero-order valence-electron chi connectivity index (χ0n) is 13.6. The van der Waals surface area contributed by atoms with E-state index in [0.717, 1.165) is 24.1 Å². The van der Waals surface area contributed by atoms with Crippen molar-refractivity contribution >= 4 is 21.4 Å². The number of aromatic nitrogens is 2. The Balaban J connectivity index is 1.67. The van der Waals surface area contributed by atoms with Crippen LogP contribution in [0.3, 0.4) is 0 Å². The molecular formula is C17H17N3O3S2. The molecule has 8 heteroatoms. The van der Waals surface area contributed by atoms with Crippen LogP contribution in [0.4, 0.5) is 0 Å². The predicted molar refractivity (Wildman–Crippen MR) is 94.5 cm³/mol. The first kappa shape index (κ1) is 16.4. The number of hydrogen-bond acceptors (Lipinski definition) is 6. The molecule has 1 fully saturated rings. The third kappa shape index (κ3) is 3.12. The van der Waals surface area contributed by atoms with Gasteiger partial charge in [0.05, 0.1) is 17.9 Å². The van der Waals surface area contributed by atoms with Crippen molar-refractivity contribution in [2.24, 2.45) is 5.92 Å². The molecule has 0 N–H and O–H groups in total. The van der Waals surface area contributed by atoms with E-state index in [4.69, 9.17) is 4.52 Å². The average molecular weight is 375 g/mol. The zero-order chi connectivity index (χ0) is 17.4. The van der Waals surface area contributed by atoms with E-state index in [1.165, 1.54) is 21.8 Å². The van der Waals surface area contributed by atoms with Gasteiger partial charge in [-0.3, -0.25) is 4.98 Å². The molecule has 0 radical (unpaired) electrons. The van der Waals surface area contributed by atoms with E-state index >= 15 is 0 Å². The van der Waals surface area contributed by atoms with Gasteiger partial charge in [0.25, 0.3) is 10.0 Å². The Kier molecular flexibility index (Phi) is 4.18. The molecule has 3 aromatic rings. The SMILES string of the molecule is CN(C(c1ccccn1)C1CC1)S(=O)(=O)c1cc(-c2ccno2)cs1. The second-order valence-corrected chi connectivity index (χ2v) is 9.22. The van der Waals surface area contributed by atoms with Crippen molar-refractivity contribution in [1.82, 2.24) is 14.4 Å². The third-order valence-corrected chi connectivity index (χ3v) is 7.64. The van der Waals surface area contributed by atoms with Crippen LogP contribution < -0.4 is 0 Å². The van der Waals surface area contributed by atoms with Crippen molar-refractivity contribution in [3.8, 4) is 11.3 Å². The van der Waals surface area contributed by atoms with Gasteiger partial charge in [0.1, 0.15) is 4.21 Å². The van der Waals surface area contributed by atoms with Crippen LogP contribution in [-0.2, 0) is 10.0 Å². The van der Waals surface area contributed by atoms with Crippen LogP contribution in [-0.4, -0.2) is 29.9 Å². The van der Waals surface area contributed by atoms with Crippen LogP contribution in [0.15, 0.2) is 56.8 Å². The van der Waals surface area contributed by atoms with Crippen molar-refractivity contribution in [1.29, 1.82) is 0 Å². The molecule has 1 saturated carbocycles. The maximum Gasteiger partial charge on any atom is 0.252 e. The lowest BCUT2D eigenvalue weighted by Gasteiger charge is -2.26. The third-order valence-electron chi connectivity index (χ3n) is 4.38. The van der Waals surface area contributed by atoms with Crippen molar-refractivity contribution in [3.05, 3.63) is 53.8 Å². The monoisotopic (exact) mass is 375 g/mol. The van der Waals surface area contributed by atoms with Crippen molar-refractivity contribution < 1.29 is 12.9 Å². The van der Waals surface area contributed by atoms with E-state index < -0.39 is 10.0 Å². The standard InChI is InChI=1S/C17H17N3O3S2/c1-20(17(12-5-6-12)14-4-2-3-8-18-14)25(21,22)16-10-13(11-24-16)15-7-9-19-23-15/h2-4,7-12,17H,5-6H2,1H3. The maximum atomic E-state index is 13.1. The molecule has 25 heavy (non-hydrogen) atoms. The summed E-state index contributed by atoms with van der Waals surface area (Å²) in [4.78, 5) is 4.39. The molecule has 0 aromatic carbocycles. The summed E-state index contributed by atoms with van der Waals surface area (Å²) in [5.41, 5.74) is 1.51. The van der Waals surface area contributed by atoms with E-state index in [-0.39, 0.29) is 6.04 Å². The smallest absolute Gasteiger partial charge is 0.252 e. The van der Waals surface area contributed by atoms with E-state index in [2.05, 4.69) is 10.1 Å². The Labute approximate surface area is 150 Å². The lowest BCUT2D eigenvalue weighted by Crippen LogP contribution is -2.32. The summed E-state index contributed by atoms with van der Waals surface area (Å²) in [6, 6.07) is 8.74. The molecule has 0 bridgehead atoms. The van der Waals surface area contributed by atoms with Gasteiger partial charge in [0.2, 0.25) is 0 Å². The van der Waals surface area contributed by atoms with Gasteiger partial charge in [-0.25, -0.2) is 8.42 Å². The summed E-state index contributed by atoms with van der Waals surface area (Å²) in [6.07, 6.45) is 5.29. The van der Waals surface area contributed by atoms with Crippen LogP contribution in [0.5, 0.6) is 0 Å². The first-order valence-corrected chi connectivity index (χ1v) is 10.3. The highest BCUT2D eigenvalue weighted by Crippen LogP contribution is 2.45. The Hall–Kier alpha value is -2.03. The highest BCUT2D eigenvalue weighted by molar-refractivity contribution is 7.91. The molecule has 3 aromatic heterocycles. The van der Waals surface area contributed by atoms with Crippen molar-refractivity contribution in [2.45, 2.75) is 23.1 Å². The van der Waals surface area contributed by atoms with Gasteiger partial charge in [-0.1, -0.05) is 11.2 Å². The van der Waals surface area contributed by atoms with Crippen LogP contribution in [0.25, 0.3) is 11.3 Å². The zero-order valence-corrected chi connectivity index (χ0v) is 15.2. The number of pyridine rings is 1. The van der Waals surface area contributed by atoms with E-state index in [1.807, 2.05) is 18.2 Å². The Morgan fingerprint density at radius 2 is 2.12 bits per heavy atom. The van der Waals surface area contributed by atoms with Crippen LogP contribution >= 0.6 is 11.3 Å². The largest absolute Gasteiger partial charge is 0.356 e. The minimum Gasteiger partial charge on any atom is -0.356 e. The van der Waals surface area contributed by atoms with Gasteiger partial charge in [-0.15, -0.1) is 11.3 Å². The molecule has 1 aliphatic carbocycles. The number of hydrogen-bond donors (Lipinski definition) is 0. The molecule has 1 aliphatic rings. The Morgan fingerprint density at radius 3 is 2.76 bits per heavy atom. The predicted octanol–water partition coefficient (Wildman–Crippen LogP) is 3.57. The van der Waals surface area contributed by atoms with Crippen LogP contribution in [0.1, 0.15) is 24.6 Å². The molecule has 0 amide bonds. The van der Waals surface area contributed by atoms with E-state index in [1.54, 1.807) is 30.8 Å². The summed E-state index contributed by atoms with van der Waals surface area (Å²) in [7, 11) is -1.97.